The molecule has 2 atom stereocenters. The standard InChI is InChI=1S/C13H21NOS/c1-10-6-8-12(9-7-10)11(2)14-16(15)13(3,4)5/h6-9,11,14H,1-5H3/t11-,16?/m0/s1. The summed E-state index contributed by atoms with van der Waals surface area (Å²) in [6.45, 7) is 10.0. The molecule has 0 aromatic heterocycles. The smallest absolute Gasteiger partial charge is 0.0975 e. The third-order valence-corrected chi connectivity index (χ3v) is 4.10. The molecular formula is C13H21NOS. The third-order valence-electron chi connectivity index (χ3n) is 2.42. The molecule has 0 saturated carbocycles. The van der Waals surface area contributed by atoms with Crippen molar-refractivity contribution in [2.75, 3.05) is 0 Å². The number of hydrogen-bond acceptors (Lipinski definition) is 1. The van der Waals surface area contributed by atoms with Crippen LogP contribution in [0.5, 0.6) is 0 Å². The minimum atomic E-state index is -1.02. The summed E-state index contributed by atoms with van der Waals surface area (Å²) in [4.78, 5) is 0. The van der Waals surface area contributed by atoms with Crippen LogP contribution in [0.25, 0.3) is 0 Å². The minimum absolute atomic E-state index is 0.112. The summed E-state index contributed by atoms with van der Waals surface area (Å²) in [7, 11) is -1.02. The molecule has 90 valence electrons. The average Bonchev–Trinajstić information content (AvgIpc) is 2.17. The summed E-state index contributed by atoms with van der Waals surface area (Å²) >= 11 is 0. The second-order valence-electron chi connectivity index (χ2n) is 5.13. The molecule has 0 amide bonds. The van der Waals surface area contributed by atoms with E-state index >= 15 is 0 Å². The van der Waals surface area contributed by atoms with Gasteiger partial charge in [0.05, 0.1) is 15.7 Å². The van der Waals surface area contributed by atoms with E-state index in [-0.39, 0.29) is 10.8 Å². The second kappa shape index (κ2) is 5.11. The molecule has 1 rings (SSSR count). The maximum absolute atomic E-state index is 11.9. The molecule has 16 heavy (non-hydrogen) atoms. The van der Waals surface area contributed by atoms with Gasteiger partial charge in [0.15, 0.2) is 0 Å². The van der Waals surface area contributed by atoms with Gasteiger partial charge in [-0.25, -0.2) is 8.93 Å². The van der Waals surface area contributed by atoms with E-state index in [0.29, 0.717) is 0 Å². The Balaban J connectivity index is 2.69. The summed E-state index contributed by atoms with van der Waals surface area (Å²) < 4.78 is 14.8. The van der Waals surface area contributed by atoms with Crippen LogP contribution in [-0.2, 0) is 11.0 Å². The quantitative estimate of drug-likeness (QED) is 0.862. The molecule has 0 aliphatic heterocycles. The van der Waals surface area contributed by atoms with Crippen molar-refractivity contribution in [1.82, 2.24) is 4.72 Å². The van der Waals surface area contributed by atoms with Gasteiger partial charge in [-0.15, -0.1) is 0 Å². The van der Waals surface area contributed by atoms with E-state index in [1.165, 1.54) is 11.1 Å². The first-order chi connectivity index (χ1) is 7.30. The normalized spacial score (nSPS) is 15.8. The fraction of sp³-hybridized carbons (Fsp3) is 0.538. The molecule has 0 aliphatic carbocycles. The third kappa shape index (κ3) is 3.72. The van der Waals surface area contributed by atoms with E-state index in [9.17, 15) is 4.21 Å². The Hall–Kier alpha value is -0.670. The maximum Gasteiger partial charge on any atom is 0.0975 e. The van der Waals surface area contributed by atoms with Gasteiger partial charge >= 0.3 is 0 Å². The van der Waals surface area contributed by atoms with Crippen LogP contribution in [0.2, 0.25) is 0 Å². The first-order valence-electron chi connectivity index (χ1n) is 5.55. The SMILES string of the molecule is Cc1ccc([C@H](C)NS(=O)C(C)(C)C)cc1. The van der Waals surface area contributed by atoms with Crippen molar-refractivity contribution >= 4 is 11.0 Å². The topological polar surface area (TPSA) is 29.1 Å². The van der Waals surface area contributed by atoms with Gasteiger partial charge in [-0.2, -0.15) is 0 Å². The molecule has 0 bridgehead atoms. The Morgan fingerprint density at radius 2 is 1.69 bits per heavy atom. The van der Waals surface area contributed by atoms with Crippen molar-refractivity contribution in [2.45, 2.75) is 45.4 Å². The molecule has 2 nitrogen and oxygen atoms in total. The van der Waals surface area contributed by atoms with Crippen LogP contribution < -0.4 is 4.72 Å². The molecule has 0 heterocycles. The number of nitrogens with one attached hydrogen (secondary N) is 1. The highest BCUT2D eigenvalue weighted by atomic mass is 32.2. The van der Waals surface area contributed by atoms with E-state index in [0.717, 1.165) is 0 Å². The fourth-order valence-corrected chi connectivity index (χ4v) is 2.07. The van der Waals surface area contributed by atoms with E-state index in [2.05, 4.69) is 35.9 Å². The largest absolute Gasteiger partial charge is 0.242 e. The van der Waals surface area contributed by atoms with Crippen molar-refractivity contribution in [2.24, 2.45) is 0 Å². The predicted molar refractivity (Wildman–Crippen MR) is 70.6 cm³/mol. The van der Waals surface area contributed by atoms with Gasteiger partial charge in [-0.3, -0.25) is 0 Å². The maximum atomic E-state index is 11.9. The van der Waals surface area contributed by atoms with Crippen LogP contribution in [-0.4, -0.2) is 8.96 Å². The van der Waals surface area contributed by atoms with E-state index < -0.39 is 11.0 Å². The fourth-order valence-electron chi connectivity index (χ4n) is 1.26. The summed E-state index contributed by atoms with van der Waals surface area (Å²) in [5, 5.41) is 0. The lowest BCUT2D eigenvalue weighted by molar-refractivity contribution is 0.616. The zero-order chi connectivity index (χ0) is 12.3. The number of aryl methyl sites for hydroxylation is 1. The van der Waals surface area contributed by atoms with Crippen LogP contribution >= 0.6 is 0 Å². The Bertz CT molecular complexity index is 365. The van der Waals surface area contributed by atoms with Crippen LogP contribution in [0.15, 0.2) is 24.3 Å². The van der Waals surface area contributed by atoms with Crippen molar-refractivity contribution in [3.8, 4) is 0 Å². The lowest BCUT2D eigenvalue weighted by Gasteiger charge is -2.22. The van der Waals surface area contributed by atoms with Crippen LogP contribution in [0.1, 0.15) is 44.9 Å². The zero-order valence-electron chi connectivity index (χ0n) is 10.7. The van der Waals surface area contributed by atoms with Crippen molar-refractivity contribution in [3.05, 3.63) is 35.4 Å². The van der Waals surface area contributed by atoms with Gasteiger partial charge in [-0.05, 0) is 40.2 Å². The monoisotopic (exact) mass is 239 g/mol. The van der Waals surface area contributed by atoms with Gasteiger partial charge in [-0.1, -0.05) is 29.8 Å². The molecule has 1 N–H and O–H groups in total. The molecule has 0 fully saturated rings. The van der Waals surface area contributed by atoms with E-state index in [1.54, 1.807) is 0 Å². The van der Waals surface area contributed by atoms with Crippen molar-refractivity contribution in [1.29, 1.82) is 0 Å². The Morgan fingerprint density at radius 3 is 2.12 bits per heavy atom. The molecule has 1 aromatic rings. The molecule has 0 saturated heterocycles. The number of hydrogen-bond donors (Lipinski definition) is 1. The lowest BCUT2D eigenvalue weighted by Crippen LogP contribution is -2.34. The molecule has 0 spiro atoms. The van der Waals surface area contributed by atoms with Gasteiger partial charge in [0.2, 0.25) is 0 Å². The minimum Gasteiger partial charge on any atom is -0.242 e. The molecule has 1 aromatic carbocycles. The van der Waals surface area contributed by atoms with Gasteiger partial charge < -0.3 is 0 Å². The Kier molecular flexibility index (Phi) is 4.28. The highest BCUT2D eigenvalue weighted by Gasteiger charge is 2.21. The van der Waals surface area contributed by atoms with E-state index in [4.69, 9.17) is 0 Å². The average molecular weight is 239 g/mol. The van der Waals surface area contributed by atoms with Gasteiger partial charge in [0.25, 0.3) is 0 Å². The summed E-state index contributed by atoms with van der Waals surface area (Å²) in [5.74, 6) is 0. The van der Waals surface area contributed by atoms with Crippen molar-refractivity contribution < 1.29 is 4.21 Å². The Labute approximate surface area is 101 Å². The molecule has 0 aliphatic rings. The lowest BCUT2D eigenvalue weighted by atomic mass is 10.1. The van der Waals surface area contributed by atoms with Crippen LogP contribution in [0.3, 0.4) is 0 Å². The van der Waals surface area contributed by atoms with Crippen LogP contribution in [0.4, 0.5) is 0 Å². The first-order valence-corrected chi connectivity index (χ1v) is 6.70. The predicted octanol–water partition coefficient (Wildman–Crippen LogP) is 3.11. The summed E-state index contributed by atoms with van der Waals surface area (Å²) in [6.07, 6.45) is 0. The van der Waals surface area contributed by atoms with Gasteiger partial charge in [0, 0.05) is 6.04 Å². The second-order valence-corrected chi connectivity index (χ2v) is 7.13. The Morgan fingerprint density at radius 1 is 1.19 bits per heavy atom. The number of rotatable bonds is 3. The van der Waals surface area contributed by atoms with Crippen molar-refractivity contribution in [3.63, 3.8) is 0 Å². The molecule has 3 heteroatoms. The molecule has 1 unspecified atom stereocenters. The van der Waals surface area contributed by atoms with Gasteiger partial charge in [0.1, 0.15) is 0 Å². The first kappa shape index (κ1) is 13.4. The van der Waals surface area contributed by atoms with E-state index in [1.807, 2.05) is 27.7 Å². The molecular weight excluding hydrogens is 218 g/mol. The summed E-state index contributed by atoms with van der Waals surface area (Å²) in [6, 6.07) is 8.42. The summed E-state index contributed by atoms with van der Waals surface area (Å²) in [5.41, 5.74) is 2.41. The number of benzene rings is 1. The highest BCUT2D eigenvalue weighted by Crippen LogP contribution is 2.17. The zero-order valence-corrected chi connectivity index (χ0v) is 11.5. The van der Waals surface area contributed by atoms with Crippen LogP contribution in [0, 0.1) is 6.92 Å². The molecule has 0 radical (unpaired) electrons. The highest BCUT2D eigenvalue weighted by molar-refractivity contribution is 7.84.